The van der Waals surface area contributed by atoms with Gasteiger partial charge in [-0.2, -0.15) is 0 Å². The molecular weight excluding hydrogens is 460 g/mol. The summed E-state index contributed by atoms with van der Waals surface area (Å²) in [5, 5.41) is 12.8. The van der Waals surface area contributed by atoms with Crippen molar-refractivity contribution in [1.29, 1.82) is 0 Å². The number of carbonyl (C=O) groups is 1. The number of ether oxygens (including phenoxy) is 1. The number of hydrogen-bond donors (Lipinski definition) is 1. The zero-order valence-electron chi connectivity index (χ0n) is 19.6. The normalized spacial score (nSPS) is 21.2. The molecule has 1 aliphatic carbocycles. The van der Waals surface area contributed by atoms with Crippen molar-refractivity contribution in [2.45, 2.75) is 70.8 Å². The minimum atomic E-state index is -2.49. The van der Waals surface area contributed by atoms with Crippen LogP contribution in [0.2, 0.25) is 0 Å². The molecule has 0 atom stereocenters. The lowest BCUT2D eigenvalue weighted by Crippen LogP contribution is -2.39. The van der Waals surface area contributed by atoms with E-state index in [1.54, 1.807) is 6.07 Å². The lowest BCUT2D eigenvalue weighted by Gasteiger charge is -2.30. The summed E-state index contributed by atoms with van der Waals surface area (Å²) >= 11 is 1.47. The second-order valence-electron chi connectivity index (χ2n) is 9.26. The predicted molar refractivity (Wildman–Crippen MR) is 126 cm³/mol. The summed E-state index contributed by atoms with van der Waals surface area (Å²) in [6, 6.07) is 3.93. The molecule has 10 heteroatoms. The summed E-state index contributed by atoms with van der Waals surface area (Å²) in [5.41, 5.74) is 2.15. The Morgan fingerprint density at radius 1 is 1.21 bits per heavy atom. The van der Waals surface area contributed by atoms with Crippen LogP contribution in [-0.2, 0) is 24.1 Å². The van der Waals surface area contributed by atoms with E-state index in [0.29, 0.717) is 12.3 Å². The van der Waals surface area contributed by atoms with Crippen molar-refractivity contribution >= 4 is 17.2 Å². The molecular formula is C24H33F2N5O2S. The van der Waals surface area contributed by atoms with Crippen LogP contribution in [0.4, 0.5) is 8.78 Å². The van der Waals surface area contributed by atoms with Crippen LogP contribution in [0.5, 0.6) is 5.88 Å². The number of rotatable bonds is 9. The van der Waals surface area contributed by atoms with Gasteiger partial charge in [0.1, 0.15) is 10.0 Å². The van der Waals surface area contributed by atoms with Crippen LogP contribution in [0.25, 0.3) is 0 Å². The molecule has 4 rings (SSSR count). The Labute approximate surface area is 203 Å². The van der Waals surface area contributed by atoms with Crippen molar-refractivity contribution in [2.24, 2.45) is 5.92 Å². The van der Waals surface area contributed by atoms with Gasteiger partial charge in [0.25, 0.3) is 6.43 Å². The van der Waals surface area contributed by atoms with E-state index in [1.165, 1.54) is 16.9 Å². The first kappa shape index (κ1) is 24.9. The van der Waals surface area contributed by atoms with E-state index in [-0.39, 0.29) is 17.8 Å². The van der Waals surface area contributed by atoms with Gasteiger partial charge < -0.3 is 15.0 Å². The zero-order valence-corrected chi connectivity index (χ0v) is 20.5. The van der Waals surface area contributed by atoms with Crippen molar-refractivity contribution in [3.63, 3.8) is 0 Å². The van der Waals surface area contributed by atoms with Crippen molar-refractivity contribution in [3.8, 4) is 5.88 Å². The van der Waals surface area contributed by atoms with Gasteiger partial charge in [0.15, 0.2) is 6.61 Å². The Bertz CT molecular complexity index is 949. The van der Waals surface area contributed by atoms with E-state index in [2.05, 4.69) is 25.4 Å². The van der Waals surface area contributed by atoms with Gasteiger partial charge >= 0.3 is 0 Å². The van der Waals surface area contributed by atoms with Crippen LogP contribution in [0, 0.1) is 12.8 Å². The highest BCUT2D eigenvalue weighted by Gasteiger charge is 2.24. The topological polar surface area (TPSA) is 80.2 Å². The fourth-order valence-corrected chi connectivity index (χ4v) is 5.55. The van der Waals surface area contributed by atoms with Crippen molar-refractivity contribution in [2.75, 3.05) is 26.2 Å². The fraction of sp³-hybridized carbons (Fsp3) is 0.667. The molecule has 2 aliphatic rings. The van der Waals surface area contributed by atoms with Gasteiger partial charge in [0.05, 0.1) is 6.42 Å². The predicted octanol–water partition coefficient (Wildman–Crippen LogP) is 3.59. The van der Waals surface area contributed by atoms with Gasteiger partial charge in [-0.1, -0.05) is 6.07 Å². The number of fused-ring (bicyclic) bond motifs is 1. The molecule has 0 unspecified atom stereocenters. The second kappa shape index (κ2) is 12.0. The number of amides is 1. The third kappa shape index (κ3) is 7.40. The van der Waals surface area contributed by atoms with Gasteiger partial charge in [-0.3, -0.25) is 4.79 Å². The molecule has 1 fully saturated rings. The highest BCUT2D eigenvalue weighted by molar-refractivity contribution is 7.11. The highest BCUT2D eigenvalue weighted by Crippen LogP contribution is 2.28. The number of hydrogen-bond acceptors (Lipinski definition) is 7. The van der Waals surface area contributed by atoms with Crippen LogP contribution in [0.15, 0.2) is 12.1 Å². The van der Waals surface area contributed by atoms with Gasteiger partial charge in [0.2, 0.25) is 11.8 Å². The summed E-state index contributed by atoms with van der Waals surface area (Å²) < 4.78 is 29.9. The van der Waals surface area contributed by atoms with E-state index < -0.39 is 13.0 Å². The molecule has 7 nitrogen and oxygen atoms in total. The molecule has 3 heterocycles. The van der Waals surface area contributed by atoms with Crippen LogP contribution < -0.4 is 10.1 Å². The SMILES string of the molecule is Cc1nnc(CC(=O)NC2CCC(CCN3CCc4ccc(OCC(F)F)nc4CC3)CC2)s1. The summed E-state index contributed by atoms with van der Waals surface area (Å²) in [7, 11) is 0. The number of nitrogens with zero attached hydrogens (tertiary/aromatic N) is 4. The van der Waals surface area contributed by atoms with Crippen LogP contribution >= 0.6 is 11.3 Å². The maximum atomic E-state index is 12.4. The Kier molecular flexibility index (Phi) is 8.77. The summed E-state index contributed by atoms with van der Waals surface area (Å²) in [6.45, 7) is 4.25. The molecule has 0 spiro atoms. The minimum absolute atomic E-state index is 0.0418. The standard InChI is InChI=1S/C24H33F2N5O2S/c1-16-29-30-24(34-16)14-22(32)27-19-5-2-17(3-6-19)8-11-31-12-9-18-4-7-23(33-15-21(25)26)28-20(18)10-13-31/h4,7,17,19,21H,2-3,5-6,8-15H2,1H3,(H,27,32). The third-order valence-corrected chi connectivity index (χ3v) is 7.55. The number of aryl methyl sites for hydroxylation is 1. The largest absolute Gasteiger partial charge is 0.472 e. The monoisotopic (exact) mass is 493 g/mol. The first-order chi connectivity index (χ1) is 16.4. The molecule has 34 heavy (non-hydrogen) atoms. The average molecular weight is 494 g/mol. The number of nitrogens with one attached hydrogen (secondary N) is 1. The number of alkyl halides is 2. The number of carbonyl (C=O) groups excluding carboxylic acids is 1. The summed E-state index contributed by atoms with van der Waals surface area (Å²) in [4.78, 5) is 19.2. The average Bonchev–Trinajstić information content (AvgIpc) is 3.11. The Morgan fingerprint density at radius 2 is 2.00 bits per heavy atom. The minimum Gasteiger partial charge on any atom is -0.472 e. The fourth-order valence-electron chi connectivity index (χ4n) is 4.85. The molecule has 0 bridgehead atoms. The number of aromatic nitrogens is 3. The lowest BCUT2D eigenvalue weighted by molar-refractivity contribution is -0.121. The Balaban J connectivity index is 1.15. The second-order valence-corrected chi connectivity index (χ2v) is 10.5. The number of halogens is 2. The van der Waals surface area contributed by atoms with Crippen LogP contribution in [0.3, 0.4) is 0 Å². The van der Waals surface area contributed by atoms with E-state index in [9.17, 15) is 13.6 Å². The van der Waals surface area contributed by atoms with Gasteiger partial charge in [-0.15, -0.1) is 21.5 Å². The molecule has 2 aromatic heterocycles. The van der Waals surface area contributed by atoms with E-state index in [4.69, 9.17) is 4.74 Å². The first-order valence-corrected chi connectivity index (χ1v) is 13.0. The molecule has 2 aromatic rings. The molecule has 1 N–H and O–H groups in total. The maximum Gasteiger partial charge on any atom is 0.272 e. The molecule has 1 amide bonds. The molecule has 0 saturated heterocycles. The molecule has 186 valence electrons. The number of pyridine rings is 1. The summed E-state index contributed by atoms with van der Waals surface area (Å²) in [5.74, 6) is 1.02. The molecule has 0 aromatic carbocycles. The van der Waals surface area contributed by atoms with Crippen molar-refractivity contribution < 1.29 is 18.3 Å². The molecule has 0 radical (unpaired) electrons. The van der Waals surface area contributed by atoms with Crippen molar-refractivity contribution in [3.05, 3.63) is 33.4 Å². The zero-order chi connectivity index (χ0) is 23.9. The Morgan fingerprint density at radius 3 is 2.74 bits per heavy atom. The van der Waals surface area contributed by atoms with Crippen LogP contribution in [0.1, 0.15) is 53.4 Å². The third-order valence-electron chi connectivity index (χ3n) is 6.71. The van der Waals surface area contributed by atoms with Gasteiger partial charge in [0, 0.05) is 37.3 Å². The quantitative estimate of drug-likeness (QED) is 0.575. The highest BCUT2D eigenvalue weighted by atomic mass is 32.1. The Hall–Kier alpha value is -2.20. The van der Waals surface area contributed by atoms with Crippen molar-refractivity contribution in [1.82, 2.24) is 25.4 Å². The smallest absolute Gasteiger partial charge is 0.272 e. The van der Waals surface area contributed by atoms with E-state index in [0.717, 1.165) is 80.3 Å². The molecule has 1 saturated carbocycles. The van der Waals surface area contributed by atoms with E-state index >= 15 is 0 Å². The van der Waals surface area contributed by atoms with E-state index in [1.807, 2.05) is 13.0 Å². The van der Waals surface area contributed by atoms with Gasteiger partial charge in [-0.25, -0.2) is 13.8 Å². The maximum absolute atomic E-state index is 12.4. The summed E-state index contributed by atoms with van der Waals surface area (Å²) in [6.07, 6.45) is 5.07. The first-order valence-electron chi connectivity index (χ1n) is 12.1. The van der Waals surface area contributed by atoms with Gasteiger partial charge in [-0.05, 0) is 63.5 Å². The lowest BCUT2D eigenvalue weighted by atomic mass is 9.84. The van der Waals surface area contributed by atoms with Crippen LogP contribution in [-0.4, -0.2) is 64.7 Å². The molecule has 1 aliphatic heterocycles.